The molecule has 0 aromatic heterocycles. The molecule has 0 unspecified atom stereocenters. The molecule has 0 amide bonds. The molecule has 0 bridgehead atoms. The Morgan fingerprint density at radius 2 is 1.94 bits per heavy atom. The number of rotatable bonds is 6. The van der Waals surface area contributed by atoms with Gasteiger partial charge in [0.1, 0.15) is 0 Å². The molecule has 0 N–H and O–H groups in total. The second kappa shape index (κ2) is 8.31. The van der Waals surface area contributed by atoms with Crippen molar-refractivity contribution in [2.24, 2.45) is 0 Å². The first kappa shape index (κ1) is 14.3. The van der Waals surface area contributed by atoms with E-state index >= 15 is 0 Å². The van der Waals surface area contributed by atoms with Gasteiger partial charge in [-0.3, -0.25) is 0 Å². The number of allylic oxidation sites excluding steroid dienone is 2. The Bertz CT molecular complexity index is 461. The number of hydrogen-bond acceptors (Lipinski definition) is 1. The van der Waals surface area contributed by atoms with Crippen LogP contribution in [0.5, 0.6) is 0 Å². The van der Waals surface area contributed by atoms with Gasteiger partial charge in [-0.25, -0.2) is 0 Å². The predicted molar refractivity (Wildman–Crippen MR) is 79.0 cm³/mol. The van der Waals surface area contributed by atoms with Gasteiger partial charge in [0.25, 0.3) is 0 Å². The molecule has 18 heavy (non-hydrogen) atoms. The molecule has 1 rings (SSSR count). The summed E-state index contributed by atoms with van der Waals surface area (Å²) >= 11 is 0. The van der Waals surface area contributed by atoms with E-state index in [9.17, 15) is 0 Å². The number of nitriles is 1. The Kier molecular flexibility index (Phi) is 6.58. The number of benzene rings is 1. The molecule has 1 nitrogen and oxygen atoms in total. The molecule has 1 aromatic rings. The lowest BCUT2D eigenvalue weighted by Crippen LogP contribution is -1.83. The summed E-state index contributed by atoms with van der Waals surface area (Å²) in [6, 6.07) is 8.53. The standard InChI is InChI=1S/C17H21N/c1-3-4-5-6-10-17-14-15(2)11-12-16(17)9-7-8-13-18/h6-7,9-12,14H,3-5,8H2,1-2H3/b9-7+,10-6+. The van der Waals surface area contributed by atoms with Gasteiger partial charge >= 0.3 is 0 Å². The largest absolute Gasteiger partial charge is 0.198 e. The minimum atomic E-state index is 0.465. The van der Waals surface area contributed by atoms with E-state index in [0.29, 0.717) is 6.42 Å². The van der Waals surface area contributed by atoms with Crippen molar-refractivity contribution >= 4 is 12.2 Å². The lowest BCUT2D eigenvalue weighted by Gasteiger charge is -2.03. The molecule has 94 valence electrons. The van der Waals surface area contributed by atoms with Gasteiger partial charge in [0.15, 0.2) is 0 Å². The highest BCUT2D eigenvalue weighted by Gasteiger charge is 1.96. The van der Waals surface area contributed by atoms with Gasteiger partial charge < -0.3 is 0 Å². The zero-order valence-electron chi connectivity index (χ0n) is 11.3. The maximum atomic E-state index is 8.54. The summed E-state index contributed by atoms with van der Waals surface area (Å²) in [6.45, 7) is 4.31. The van der Waals surface area contributed by atoms with Crippen LogP contribution < -0.4 is 0 Å². The van der Waals surface area contributed by atoms with Crippen molar-refractivity contribution in [3.63, 3.8) is 0 Å². The van der Waals surface area contributed by atoms with E-state index in [-0.39, 0.29) is 0 Å². The minimum Gasteiger partial charge on any atom is -0.198 e. The first-order valence-corrected chi connectivity index (χ1v) is 6.58. The monoisotopic (exact) mass is 239 g/mol. The number of hydrogen-bond donors (Lipinski definition) is 0. The first-order valence-electron chi connectivity index (χ1n) is 6.58. The van der Waals surface area contributed by atoms with Crippen LogP contribution in [0.1, 0.15) is 49.3 Å². The highest BCUT2D eigenvalue weighted by atomic mass is 14.2. The topological polar surface area (TPSA) is 23.8 Å². The summed E-state index contributed by atoms with van der Waals surface area (Å²) in [5.74, 6) is 0. The van der Waals surface area contributed by atoms with E-state index in [1.807, 2.05) is 12.2 Å². The lowest BCUT2D eigenvalue weighted by atomic mass is 10.0. The second-order valence-corrected chi connectivity index (χ2v) is 4.44. The molecule has 0 saturated heterocycles. The Morgan fingerprint density at radius 3 is 2.67 bits per heavy atom. The molecular formula is C17H21N. The summed E-state index contributed by atoms with van der Waals surface area (Å²) in [5.41, 5.74) is 3.69. The first-order chi connectivity index (χ1) is 8.77. The maximum absolute atomic E-state index is 8.54. The SMILES string of the molecule is CCCC/C=C/c1cc(C)ccc1/C=C/CC#N. The molecule has 0 radical (unpaired) electrons. The fraction of sp³-hybridized carbons (Fsp3) is 0.353. The van der Waals surface area contributed by atoms with Crippen molar-refractivity contribution in [2.45, 2.75) is 39.5 Å². The number of aryl methyl sites for hydroxylation is 1. The Balaban J connectivity index is 2.83. The molecule has 0 spiro atoms. The highest BCUT2D eigenvalue weighted by Crippen LogP contribution is 2.16. The van der Waals surface area contributed by atoms with Crippen molar-refractivity contribution in [3.05, 3.63) is 47.0 Å². The average Bonchev–Trinajstić information content (AvgIpc) is 2.37. The van der Waals surface area contributed by atoms with E-state index in [1.165, 1.54) is 29.5 Å². The summed E-state index contributed by atoms with van der Waals surface area (Å²) in [4.78, 5) is 0. The van der Waals surface area contributed by atoms with Crippen LogP contribution in [0.3, 0.4) is 0 Å². The number of nitrogens with zero attached hydrogens (tertiary/aromatic N) is 1. The van der Waals surface area contributed by atoms with E-state index in [1.54, 1.807) is 0 Å². The Morgan fingerprint density at radius 1 is 1.17 bits per heavy atom. The van der Waals surface area contributed by atoms with Crippen molar-refractivity contribution in [2.75, 3.05) is 0 Å². The van der Waals surface area contributed by atoms with Crippen LogP contribution in [0.2, 0.25) is 0 Å². The molecule has 0 heterocycles. The fourth-order valence-electron chi connectivity index (χ4n) is 1.76. The van der Waals surface area contributed by atoms with Crippen LogP contribution in [-0.4, -0.2) is 0 Å². The van der Waals surface area contributed by atoms with Crippen molar-refractivity contribution < 1.29 is 0 Å². The Labute approximate surface area is 110 Å². The maximum Gasteiger partial charge on any atom is 0.0663 e. The normalized spacial score (nSPS) is 11.2. The fourth-order valence-corrected chi connectivity index (χ4v) is 1.76. The minimum absolute atomic E-state index is 0.465. The third kappa shape index (κ3) is 5.01. The smallest absolute Gasteiger partial charge is 0.0663 e. The van der Waals surface area contributed by atoms with Crippen LogP contribution in [0, 0.1) is 18.3 Å². The molecule has 0 aliphatic heterocycles. The summed E-state index contributed by atoms with van der Waals surface area (Å²) in [6.07, 6.45) is 12.4. The zero-order chi connectivity index (χ0) is 13.2. The van der Waals surface area contributed by atoms with Gasteiger partial charge in [-0.1, -0.05) is 67.8 Å². The van der Waals surface area contributed by atoms with Crippen molar-refractivity contribution in [3.8, 4) is 6.07 Å². The van der Waals surface area contributed by atoms with E-state index < -0.39 is 0 Å². The molecule has 1 heteroatoms. The summed E-state index contributed by atoms with van der Waals surface area (Å²) in [5, 5.41) is 8.54. The predicted octanol–water partition coefficient (Wildman–Crippen LogP) is 5.13. The zero-order valence-corrected chi connectivity index (χ0v) is 11.3. The van der Waals surface area contributed by atoms with Gasteiger partial charge in [0.2, 0.25) is 0 Å². The summed E-state index contributed by atoms with van der Waals surface area (Å²) < 4.78 is 0. The highest BCUT2D eigenvalue weighted by molar-refractivity contribution is 5.66. The second-order valence-electron chi connectivity index (χ2n) is 4.44. The molecule has 0 saturated carbocycles. The molecule has 0 aliphatic carbocycles. The molecule has 0 atom stereocenters. The van der Waals surface area contributed by atoms with Gasteiger partial charge in [0.05, 0.1) is 12.5 Å². The van der Waals surface area contributed by atoms with Crippen LogP contribution in [-0.2, 0) is 0 Å². The third-order valence-electron chi connectivity index (χ3n) is 2.77. The lowest BCUT2D eigenvalue weighted by molar-refractivity contribution is 0.816. The molecular weight excluding hydrogens is 218 g/mol. The Hall–Kier alpha value is -1.81. The van der Waals surface area contributed by atoms with Crippen LogP contribution >= 0.6 is 0 Å². The molecule has 0 fully saturated rings. The quantitative estimate of drug-likeness (QED) is 0.632. The summed E-state index contributed by atoms with van der Waals surface area (Å²) in [7, 11) is 0. The van der Waals surface area contributed by atoms with Crippen LogP contribution in [0.4, 0.5) is 0 Å². The van der Waals surface area contributed by atoms with Crippen LogP contribution in [0.15, 0.2) is 30.4 Å². The van der Waals surface area contributed by atoms with Crippen molar-refractivity contribution in [1.82, 2.24) is 0 Å². The molecule has 0 aliphatic rings. The van der Waals surface area contributed by atoms with Gasteiger partial charge in [-0.05, 0) is 24.5 Å². The van der Waals surface area contributed by atoms with Gasteiger partial charge in [-0.2, -0.15) is 5.26 Å². The van der Waals surface area contributed by atoms with E-state index in [2.05, 4.69) is 50.3 Å². The van der Waals surface area contributed by atoms with E-state index in [0.717, 1.165) is 6.42 Å². The van der Waals surface area contributed by atoms with E-state index in [4.69, 9.17) is 5.26 Å². The van der Waals surface area contributed by atoms with Crippen LogP contribution in [0.25, 0.3) is 12.2 Å². The average molecular weight is 239 g/mol. The van der Waals surface area contributed by atoms with Crippen molar-refractivity contribution in [1.29, 1.82) is 5.26 Å². The third-order valence-corrected chi connectivity index (χ3v) is 2.77. The van der Waals surface area contributed by atoms with Gasteiger partial charge in [0, 0.05) is 0 Å². The molecule has 1 aromatic carbocycles. The number of unbranched alkanes of at least 4 members (excludes halogenated alkanes) is 2. The van der Waals surface area contributed by atoms with Gasteiger partial charge in [-0.15, -0.1) is 0 Å².